The van der Waals surface area contributed by atoms with Crippen LogP contribution >= 0.6 is 0 Å². The average molecular weight is 1010 g/mol. The number of hydrogen-bond donors (Lipinski definition) is 0. The Bertz CT molecular complexity index is 2630. The molecule has 0 heterocycles. The molecule has 0 amide bonds. The Hall–Kier alpha value is -8.73. The van der Waals surface area contributed by atoms with Gasteiger partial charge < -0.3 is 47.4 Å². The van der Waals surface area contributed by atoms with Crippen LogP contribution in [0, 0.1) is 5.82 Å². The Morgan fingerprint density at radius 2 is 0.644 bits per heavy atom. The van der Waals surface area contributed by atoms with Crippen LogP contribution < -0.4 is 28.4 Å². The molecule has 0 aromatic heterocycles. The van der Waals surface area contributed by atoms with E-state index < -0.39 is 41.6 Å². The molecule has 0 atom stereocenters. The Labute approximate surface area is 423 Å². The zero-order valence-corrected chi connectivity index (χ0v) is 41.8. The molecule has 0 saturated carbocycles. The second-order valence-corrected chi connectivity index (χ2v) is 16.0. The Morgan fingerprint density at radius 1 is 0.342 bits per heavy atom. The number of carbonyl (C=O) groups is 6. The summed E-state index contributed by atoms with van der Waals surface area (Å²) in [4.78, 5) is 69.6. The van der Waals surface area contributed by atoms with E-state index in [1.54, 1.807) is 87.5 Å². The van der Waals surface area contributed by atoms with E-state index in [1.807, 2.05) is 0 Å². The summed E-state index contributed by atoms with van der Waals surface area (Å²) in [6.07, 6.45) is 0. The molecule has 0 bridgehead atoms. The number of rotatable bonds is 26. The molecule has 4 aromatic rings. The summed E-state index contributed by atoms with van der Waals surface area (Å²) in [5, 5.41) is 0. The van der Waals surface area contributed by atoms with Gasteiger partial charge in [-0.25, -0.2) is 33.2 Å². The molecule has 16 nitrogen and oxygen atoms in total. The van der Waals surface area contributed by atoms with Gasteiger partial charge in [-0.05, 0) is 112 Å². The van der Waals surface area contributed by atoms with Gasteiger partial charge in [-0.3, -0.25) is 0 Å². The van der Waals surface area contributed by atoms with Crippen LogP contribution in [0.5, 0.6) is 34.5 Å². The second kappa shape index (κ2) is 29.5. The predicted octanol–water partition coefficient (Wildman–Crippen LogP) is 9.80. The normalized spacial score (nSPS) is 10.1. The van der Waals surface area contributed by atoms with Crippen LogP contribution in [0.2, 0.25) is 0 Å². The number of hydrogen-bond acceptors (Lipinski definition) is 16. The minimum atomic E-state index is -0.751. The van der Waals surface area contributed by atoms with Gasteiger partial charge in [-0.1, -0.05) is 57.7 Å². The molecule has 0 saturated heterocycles. The molecule has 0 spiro atoms. The zero-order valence-electron chi connectivity index (χ0n) is 41.8. The number of benzene rings is 4. The van der Waals surface area contributed by atoms with Gasteiger partial charge in [-0.2, -0.15) is 0 Å². The van der Waals surface area contributed by atoms with E-state index >= 15 is 0 Å². The molecule has 0 radical (unpaired) electrons. The van der Waals surface area contributed by atoms with Crippen molar-refractivity contribution in [2.45, 2.75) is 41.5 Å². The number of carbonyl (C=O) groups excluding carboxylic acids is 6. The fraction of sp³-hybridized carbons (Fsp3) is 0.250. The Kier molecular flexibility index (Phi) is 23.6. The largest absolute Gasteiger partial charge is 0.490 e. The first kappa shape index (κ1) is 58.6. The first-order chi connectivity index (χ1) is 34.5. The molecule has 73 heavy (non-hydrogen) atoms. The maximum atomic E-state index is 14.7. The highest BCUT2D eigenvalue weighted by atomic mass is 19.1. The molecular weight excluding hydrogens is 948 g/mol. The monoisotopic (exact) mass is 1010 g/mol. The van der Waals surface area contributed by atoms with Crippen LogP contribution in [0.15, 0.2) is 152 Å². The van der Waals surface area contributed by atoms with Crippen molar-refractivity contribution < 1.29 is 80.5 Å². The van der Waals surface area contributed by atoms with Crippen LogP contribution in [0.1, 0.15) is 41.5 Å². The molecule has 0 N–H and O–H groups in total. The average Bonchev–Trinajstić information content (AvgIpc) is 3.34. The van der Waals surface area contributed by atoms with Crippen molar-refractivity contribution in [1.82, 2.24) is 0 Å². The van der Waals surface area contributed by atoms with E-state index in [0.29, 0.717) is 56.6 Å². The fourth-order valence-electron chi connectivity index (χ4n) is 5.34. The molecule has 0 unspecified atom stereocenters. The summed E-state index contributed by atoms with van der Waals surface area (Å²) in [7, 11) is 0. The van der Waals surface area contributed by atoms with Gasteiger partial charge in [0.15, 0.2) is 11.6 Å². The topological polar surface area (TPSA) is 195 Å². The number of ether oxygens (including phenoxy) is 10. The van der Waals surface area contributed by atoms with E-state index in [2.05, 4.69) is 39.5 Å². The summed E-state index contributed by atoms with van der Waals surface area (Å²) < 4.78 is 67.9. The molecule has 0 aliphatic heterocycles. The third-order valence-corrected chi connectivity index (χ3v) is 9.06. The van der Waals surface area contributed by atoms with E-state index in [1.165, 1.54) is 32.9 Å². The van der Waals surface area contributed by atoms with Crippen molar-refractivity contribution in [3.63, 3.8) is 0 Å². The summed E-state index contributed by atoms with van der Waals surface area (Å²) in [6.45, 7) is 30.8. The smallest absolute Gasteiger partial charge is 0.338 e. The molecule has 17 heteroatoms. The van der Waals surface area contributed by atoms with Gasteiger partial charge in [0.2, 0.25) is 0 Å². The van der Waals surface area contributed by atoms with Gasteiger partial charge in [0.05, 0.1) is 0 Å². The first-order valence-corrected chi connectivity index (χ1v) is 22.3. The van der Waals surface area contributed by atoms with E-state index in [0.717, 1.165) is 11.1 Å². The molecule has 0 aliphatic carbocycles. The summed E-state index contributed by atoms with van der Waals surface area (Å²) in [5.74, 6) is -2.23. The lowest BCUT2D eigenvalue weighted by atomic mass is 10.0. The summed E-state index contributed by atoms with van der Waals surface area (Å²) in [6, 6.07) is 21.1. The lowest BCUT2D eigenvalue weighted by molar-refractivity contribution is -0.140. The van der Waals surface area contributed by atoms with Crippen LogP contribution in [0.3, 0.4) is 0 Å². The third kappa shape index (κ3) is 21.0. The Morgan fingerprint density at radius 3 is 0.959 bits per heavy atom. The summed E-state index contributed by atoms with van der Waals surface area (Å²) >= 11 is 0. The fourth-order valence-corrected chi connectivity index (χ4v) is 5.34. The van der Waals surface area contributed by atoms with Crippen molar-refractivity contribution in [2.75, 3.05) is 52.9 Å². The van der Waals surface area contributed by atoms with Crippen molar-refractivity contribution in [3.05, 3.63) is 158 Å². The van der Waals surface area contributed by atoms with Crippen molar-refractivity contribution in [2.24, 2.45) is 0 Å². The highest BCUT2D eigenvalue weighted by Crippen LogP contribution is 2.34. The molecule has 0 aliphatic rings. The second-order valence-electron chi connectivity index (χ2n) is 16.0. The highest BCUT2D eigenvalue weighted by molar-refractivity contribution is 5.90. The van der Waals surface area contributed by atoms with Gasteiger partial charge in [0.1, 0.15) is 81.6 Å². The number of halogens is 1. The van der Waals surface area contributed by atoms with Crippen molar-refractivity contribution >= 4 is 35.8 Å². The lowest BCUT2D eigenvalue weighted by Gasteiger charge is -2.14. The quantitative estimate of drug-likeness (QED) is 0.0189. The molecule has 386 valence electrons. The van der Waals surface area contributed by atoms with Crippen LogP contribution in [0.4, 0.5) is 4.39 Å². The van der Waals surface area contributed by atoms with Gasteiger partial charge in [0.25, 0.3) is 0 Å². The molecule has 4 aromatic carbocycles. The number of esters is 6. The van der Waals surface area contributed by atoms with Gasteiger partial charge in [-0.15, -0.1) is 0 Å². The zero-order chi connectivity index (χ0) is 54.2. The highest BCUT2D eigenvalue weighted by Gasteiger charge is 2.15. The molecular formula is C56H59FO16. The first-order valence-electron chi connectivity index (χ1n) is 22.3. The predicted molar refractivity (Wildman–Crippen MR) is 270 cm³/mol. The van der Waals surface area contributed by atoms with Crippen molar-refractivity contribution in [3.8, 4) is 56.8 Å². The van der Waals surface area contributed by atoms with E-state index in [4.69, 9.17) is 47.4 Å². The molecule has 0 fully saturated rings. The van der Waals surface area contributed by atoms with Gasteiger partial charge in [0, 0.05) is 45.6 Å². The minimum Gasteiger partial charge on any atom is -0.490 e. The van der Waals surface area contributed by atoms with Crippen LogP contribution in [-0.4, -0.2) is 88.7 Å². The lowest BCUT2D eigenvalue weighted by Crippen LogP contribution is -2.13. The van der Waals surface area contributed by atoms with Crippen LogP contribution in [-0.2, 0) is 47.7 Å². The SMILES string of the molecule is C=C(C)C(=O)OCCOc1cc(OCCOC(=O)C(=C)C)cc(-c2ccc(OC(=O)C(=C)C)c(F)c2)c1.C=C(C)C(=O)OCCOc1cc(OCCOC(=O)C(=C)C)cc(-c2ccc(OC(=O)C(=C)C)cc2)c1. The van der Waals surface area contributed by atoms with Crippen molar-refractivity contribution in [1.29, 1.82) is 0 Å². The standard InChI is InChI=1S/C28H29FO8.C28H30O8/c1-17(2)26(30)35-11-9-33-22-13-21(14-23(16-22)34-10-12-36-27(31)18(3)4)20-7-8-25(24(29)15-20)37-28(32)19(5)6;1-18(2)26(29)34-13-11-32-24-15-22(16-25(17-24)33-12-14-35-27(30)19(3)4)21-7-9-23(10-8-21)36-28(31)20(5)6/h7-8,13-16H,1,3,5,9-12H2,2,4,6H3;7-10,15-17H,1,3,5,11-14H2,2,4,6H3. The maximum absolute atomic E-state index is 14.7. The third-order valence-electron chi connectivity index (χ3n) is 9.06. The maximum Gasteiger partial charge on any atom is 0.338 e. The molecule has 4 rings (SSSR count). The minimum absolute atomic E-state index is 0.0135. The van der Waals surface area contributed by atoms with Gasteiger partial charge >= 0.3 is 35.8 Å². The van der Waals surface area contributed by atoms with Crippen LogP contribution in [0.25, 0.3) is 22.3 Å². The Balaban J connectivity index is 0.000000385. The van der Waals surface area contributed by atoms with E-state index in [-0.39, 0.29) is 75.3 Å². The summed E-state index contributed by atoms with van der Waals surface area (Å²) in [5.41, 5.74) is 4.13. The van der Waals surface area contributed by atoms with E-state index in [9.17, 15) is 33.2 Å².